The van der Waals surface area contributed by atoms with Crippen LogP contribution in [0.3, 0.4) is 0 Å². The van der Waals surface area contributed by atoms with Crippen molar-refractivity contribution in [1.82, 2.24) is 0 Å². The fraction of sp³-hybridized carbons (Fsp3) is 0.235. The van der Waals surface area contributed by atoms with Crippen LogP contribution >= 0.6 is 11.8 Å². The summed E-state index contributed by atoms with van der Waals surface area (Å²) in [5, 5.41) is 11.7. The number of hydrogen-bond acceptors (Lipinski definition) is 3. The second-order valence-electron chi connectivity index (χ2n) is 4.82. The van der Waals surface area contributed by atoms with E-state index in [1.54, 1.807) is 0 Å². The monoisotopic (exact) mass is 301 g/mol. The van der Waals surface area contributed by atoms with E-state index < -0.39 is 0 Å². The summed E-state index contributed by atoms with van der Waals surface area (Å²) in [5.41, 5.74) is 3.06. The van der Waals surface area contributed by atoms with E-state index >= 15 is 0 Å². The fourth-order valence-corrected chi connectivity index (χ4v) is 2.56. The smallest absolute Gasteiger partial charge is 0.234 e. The zero-order valence-corrected chi connectivity index (χ0v) is 12.8. The molecular formula is C17H19NO2S. The molecule has 0 saturated heterocycles. The van der Waals surface area contributed by atoms with E-state index in [0.29, 0.717) is 12.2 Å². The van der Waals surface area contributed by atoms with Gasteiger partial charge in [-0.1, -0.05) is 29.8 Å². The van der Waals surface area contributed by atoms with Crippen molar-refractivity contribution in [3.63, 3.8) is 0 Å². The second-order valence-corrected chi connectivity index (χ2v) is 5.87. The van der Waals surface area contributed by atoms with Gasteiger partial charge in [-0.2, -0.15) is 0 Å². The molecule has 0 unspecified atom stereocenters. The first-order valence-electron chi connectivity index (χ1n) is 6.86. The second kappa shape index (κ2) is 7.86. The van der Waals surface area contributed by atoms with Crippen LogP contribution in [0.15, 0.2) is 53.4 Å². The average Bonchev–Trinajstić information content (AvgIpc) is 2.49. The van der Waals surface area contributed by atoms with Crippen molar-refractivity contribution in [2.45, 2.75) is 18.2 Å². The van der Waals surface area contributed by atoms with Crippen molar-refractivity contribution in [2.24, 2.45) is 0 Å². The van der Waals surface area contributed by atoms with Crippen molar-refractivity contribution in [1.29, 1.82) is 0 Å². The molecule has 0 spiro atoms. The van der Waals surface area contributed by atoms with Crippen LogP contribution in [0.2, 0.25) is 0 Å². The molecule has 1 amide bonds. The summed E-state index contributed by atoms with van der Waals surface area (Å²) in [7, 11) is 0. The zero-order chi connectivity index (χ0) is 15.1. The molecule has 0 bridgehead atoms. The lowest BCUT2D eigenvalue weighted by Crippen LogP contribution is -2.13. The fourth-order valence-electron chi connectivity index (χ4n) is 1.86. The number of nitrogens with one attached hydrogen (secondary N) is 1. The molecule has 0 fully saturated rings. The predicted molar refractivity (Wildman–Crippen MR) is 87.8 cm³/mol. The molecule has 0 aliphatic heterocycles. The van der Waals surface area contributed by atoms with Gasteiger partial charge in [0.05, 0.1) is 5.75 Å². The molecule has 0 aromatic heterocycles. The summed E-state index contributed by atoms with van der Waals surface area (Å²) in [6.07, 6.45) is 0.636. The number of carbonyl (C=O) groups excluding carboxylic acids is 1. The van der Waals surface area contributed by atoms with Crippen LogP contribution in [0.5, 0.6) is 0 Å². The molecule has 21 heavy (non-hydrogen) atoms. The Morgan fingerprint density at radius 2 is 1.76 bits per heavy atom. The molecular weight excluding hydrogens is 282 g/mol. The molecule has 110 valence electrons. The third-order valence-electron chi connectivity index (χ3n) is 3.03. The first-order valence-corrected chi connectivity index (χ1v) is 7.85. The zero-order valence-electron chi connectivity index (χ0n) is 12.0. The summed E-state index contributed by atoms with van der Waals surface area (Å²) in [4.78, 5) is 13.0. The van der Waals surface area contributed by atoms with Crippen LogP contribution in [0.1, 0.15) is 11.1 Å². The number of rotatable bonds is 6. The van der Waals surface area contributed by atoms with Gasteiger partial charge in [0.15, 0.2) is 0 Å². The van der Waals surface area contributed by atoms with Crippen LogP contribution < -0.4 is 5.32 Å². The van der Waals surface area contributed by atoms with Gasteiger partial charge in [-0.15, -0.1) is 11.8 Å². The minimum Gasteiger partial charge on any atom is -0.396 e. The molecule has 0 saturated carbocycles. The summed E-state index contributed by atoms with van der Waals surface area (Å²) >= 11 is 1.52. The number of anilines is 1. The van der Waals surface area contributed by atoms with Gasteiger partial charge in [-0.05, 0) is 43.2 Å². The molecule has 4 heteroatoms. The Labute approximate surface area is 129 Å². The molecule has 0 aliphatic carbocycles. The Bertz CT molecular complexity index is 579. The van der Waals surface area contributed by atoms with E-state index in [-0.39, 0.29) is 12.5 Å². The van der Waals surface area contributed by atoms with Gasteiger partial charge in [0.2, 0.25) is 5.91 Å². The number of benzene rings is 2. The first kappa shape index (κ1) is 15.6. The van der Waals surface area contributed by atoms with E-state index in [2.05, 4.69) is 5.32 Å². The molecule has 3 nitrogen and oxygen atoms in total. The lowest BCUT2D eigenvalue weighted by molar-refractivity contribution is -0.113. The van der Waals surface area contributed by atoms with E-state index in [4.69, 9.17) is 5.11 Å². The highest BCUT2D eigenvalue weighted by molar-refractivity contribution is 8.00. The highest BCUT2D eigenvalue weighted by atomic mass is 32.2. The summed E-state index contributed by atoms with van der Waals surface area (Å²) in [6.45, 7) is 2.18. The largest absolute Gasteiger partial charge is 0.396 e. The molecule has 0 heterocycles. The third kappa shape index (κ3) is 5.25. The summed E-state index contributed by atoms with van der Waals surface area (Å²) in [5.74, 6) is 0.372. The molecule has 0 atom stereocenters. The van der Waals surface area contributed by atoms with Crippen molar-refractivity contribution in [2.75, 3.05) is 17.7 Å². The van der Waals surface area contributed by atoms with Gasteiger partial charge in [0, 0.05) is 17.2 Å². The van der Waals surface area contributed by atoms with Crippen molar-refractivity contribution >= 4 is 23.4 Å². The quantitative estimate of drug-likeness (QED) is 0.805. The van der Waals surface area contributed by atoms with Crippen molar-refractivity contribution < 1.29 is 9.90 Å². The first-order chi connectivity index (χ1) is 10.2. The van der Waals surface area contributed by atoms with Gasteiger partial charge in [0.1, 0.15) is 0 Å². The van der Waals surface area contributed by atoms with E-state index in [1.165, 1.54) is 17.3 Å². The highest BCUT2D eigenvalue weighted by Gasteiger charge is 2.04. The SMILES string of the molecule is Cc1ccc(SCC(=O)Nc2ccc(CCO)cc2)cc1. The Kier molecular flexibility index (Phi) is 5.84. The molecule has 0 aliphatic rings. The van der Waals surface area contributed by atoms with Gasteiger partial charge >= 0.3 is 0 Å². The Morgan fingerprint density at radius 3 is 2.38 bits per heavy atom. The maximum Gasteiger partial charge on any atom is 0.234 e. The summed E-state index contributed by atoms with van der Waals surface area (Å²) < 4.78 is 0. The van der Waals surface area contributed by atoms with Crippen LogP contribution in [0.4, 0.5) is 5.69 Å². The van der Waals surface area contributed by atoms with Crippen LogP contribution in [0.25, 0.3) is 0 Å². The van der Waals surface area contributed by atoms with Crippen LogP contribution in [-0.4, -0.2) is 23.4 Å². The Hall–Kier alpha value is -1.78. The molecule has 2 aromatic carbocycles. The van der Waals surface area contributed by atoms with Crippen molar-refractivity contribution in [3.05, 3.63) is 59.7 Å². The maximum atomic E-state index is 11.9. The van der Waals surface area contributed by atoms with Gasteiger partial charge in [0.25, 0.3) is 0 Å². The predicted octanol–water partition coefficient (Wildman–Crippen LogP) is 3.26. The highest BCUT2D eigenvalue weighted by Crippen LogP contribution is 2.18. The summed E-state index contributed by atoms with van der Waals surface area (Å²) in [6, 6.07) is 15.7. The maximum absolute atomic E-state index is 11.9. The average molecular weight is 301 g/mol. The van der Waals surface area contributed by atoms with Crippen LogP contribution in [-0.2, 0) is 11.2 Å². The van der Waals surface area contributed by atoms with Crippen LogP contribution in [0, 0.1) is 6.92 Å². The number of hydrogen-bond donors (Lipinski definition) is 2. The standard InChI is InChI=1S/C17H19NO2S/c1-13-2-8-16(9-3-13)21-12-17(20)18-15-6-4-14(5-7-15)10-11-19/h2-9,19H,10-12H2,1H3,(H,18,20). The van der Waals surface area contributed by atoms with Gasteiger partial charge in [-0.25, -0.2) is 0 Å². The molecule has 2 aromatic rings. The number of aliphatic hydroxyl groups is 1. The number of carbonyl (C=O) groups is 1. The molecule has 2 rings (SSSR count). The van der Waals surface area contributed by atoms with E-state index in [9.17, 15) is 4.79 Å². The lowest BCUT2D eigenvalue weighted by atomic mass is 10.1. The van der Waals surface area contributed by atoms with Gasteiger partial charge < -0.3 is 10.4 Å². The topological polar surface area (TPSA) is 49.3 Å². The minimum absolute atomic E-state index is 0.0181. The Morgan fingerprint density at radius 1 is 1.10 bits per heavy atom. The van der Waals surface area contributed by atoms with Crippen molar-refractivity contribution in [3.8, 4) is 0 Å². The number of thioether (sulfide) groups is 1. The normalized spacial score (nSPS) is 10.4. The molecule has 2 N–H and O–H groups in total. The minimum atomic E-state index is -0.0181. The lowest BCUT2D eigenvalue weighted by Gasteiger charge is -2.06. The van der Waals surface area contributed by atoms with Gasteiger partial charge in [-0.3, -0.25) is 4.79 Å². The Balaban J connectivity index is 1.82. The van der Waals surface area contributed by atoms with E-state index in [1.807, 2.05) is 55.5 Å². The number of aliphatic hydroxyl groups excluding tert-OH is 1. The number of aryl methyl sites for hydroxylation is 1. The molecule has 0 radical (unpaired) electrons. The van der Waals surface area contributed by atoms with E-state index in [0.717, 1.165) is 16.1 Å². The third-order valence-corrected chi connectivity index (χ3v) is 4.04. The number of amides is 1.